The van der Waals surface area contributed by atoms with Crippen molar-refractivity contribution in [1.82, 2.24) is 24.9 Å². The number of alkyl halides is 3. The van der Waals surface area contributed by atoms with E-state index in [9.17, 15) is 13.2 Å². The average molecular weight is 451 g/mol. The fourth-order valence-electron chi connectivity index (χ4n) is 3.28. The summed E-state index contributed by atoms with van der Waals surface area (Å²) in [5.74, 6) is 0.279. The highest BCUT2D eigenvalue weighted by Crippen LogP contribution is 2.33. The zero-order chi connectivity index (χ0) is 23.4. The molecule has 0 saturated carbocycles. The molecule has 0 aliphatic carbocycles. The minimum atomic E-state index is -4.56. The predicted octanol–water partition coefficient (Wildman–Crippen LogP) is 5.57. The van der Waals surface area contributed by atoms with Crippen molar-refractivity contribution in [3.63, 3.8) is 0 Å². The van der Waals surface area contributed by atoms with Gasteiger partial charge in [0.2, 0.25) is 11.9 Å². The molecule has 10 heteroatoms. The van der Waals surface area contributed by atoms with Crippen molar-refractivity contribution in [2.75, 3.05) is 10.6 Å². The first-order valence-electron chi connectivity index (χ1n) is 10.1. The van der Waals surface area contributed by atoms with E-state index in [-0.39, 0.29) is 12.0 Å². The molecule has 168 valence electrons. The summed E-state index contributed by atoms with van der Waals surface area (Å²) in [6, 6.07) is 11.8. The van der Waals surface area contributed by atoms with Crippen molar-refractivity contribution < 1.29 is 13.2 Å². The van der Waals surface area contributed by atoms with Crippen molar-refractivity contribution in [3.05, 3.63) is 84.2 Å². The molecular weight excluding hydrogens is 431 g/mol. The molecule has 0 spiro atoms. The highest BCUT2D eigenvalue weighted by Gasteiger charge is 2.32. The molecule has 0 unspecified atom stereocenters. The van der Waals surface area contributed by atoms with E-state index in [1.165, 1.54) is 0 Å². The molecule has 0 bridgehead atoms. The fourth-order valence-corrected chi connectivity index (χ4v) is 3.28. The molecule has 0 fully saturated rings. The molecule has 1 atom stereocenters. The maximum Gasteiger partial charge on any atom is 0.433 e. The SMILES string of the molecule is Cc1cccc(Nc2nccc(C(F)(F)F)n2)c1-c1cnc(N[C@@H](C)c2ccccn2)nc1. The molecule has 4 rings (SSSR count). The summed E-state index contributed by atoms with van der Waals surface area (Å²) >= 11 is 0. The van der Waals surface area contributed by atoms with Gasteiger partial charge in [0.15, 0.2) is 0 Å². The van der Waals surface area contributed by atoms with Gasteiger partial charge in [-0.1, -0.05) is 18.2 Å². The van der Waals surface area contributed by atoms with Crippen molar-refractivity contribution in [2.45, 2.75) is 26.1 Å². The Kier molecular flexibility index (Phi) is 6.16. The molecule has 7 nitrogen and oxygen atoms in total. The van der Waals surface area contributed by atoms with Crippen LogP contribution >= 0.6 is 0 Å². The largest absolute Gasteiger partial charge is 0.433 e. The number of aromatic nitrogens is 5. The summed E-state index contributed by atoms with van der Waals surface area (Å²) in [7, 11) is 0. The lowest BCUT2D eigenvalue weighted by Gasteiger charge is -2.16. The summed E-state index contributed by atoms with van der Waals surface area (Å²) in [5.41, 5.74) is 2.70. The third-order valence-electron chi connectivity index (χ3n) is 4.88. The van der Waals surface area contributed by atoms with E-state index in [0.29, 0.717) is 17.2 Å². The number of nitrogens with zero attached hydrogens (tertiary/aromatic N) is 5. The van der Waals surface area contributed by atoms with Crippen LogP contribution in [0.4, 0.5) is 30.8 Å². The van der Waals surface area contributed by atoms with E-state index in [1.54, 1.807) is 30.7 Å². The minimum absolute atomic E-state index is 0.0919. The summed E-state index contributed by atoms with van der Waals surface area (Å²) in [6.07, 6.45) is 1.54. The first kappa shape index (κ1) is 22.1. The van der Waals surface area contributed by atoms with Crippen LogP contribution in [-0.4, -0.2) is 24.9 Å². The van der Waals surface area contributed by atoms with Crippen LogP contribution in [0, 0.1) is 6.92 Å². The van der Waals surface area contributed by atoms with Crippen LogP contribution in [0.15, 0.2) is 67.3 Å². The molecule has 4 aromatic rings. The minimum Gasteiger partial charge on any atom is -0.346 e. The number of pyridine rings is 1. The molecule has 0 radical (unpaired) electrons. The van der Waals surface area contributed by atoms with Crippen LogP contribution in [-0.2, 0) is 6.18 Å². The lowest BCUT2D eigenvalue weighted by molar-refractivity contribution is -0.141. The molecule has 3 heterocycles. The van der Waals surface area contributed by atoms with Crippen LogP contribution in [0.2, 0.25) is 0 Å². The van der Waals surface area contributed by atoms with Gasteiger partial charge in [-0.2, -0.15) is 13.2 Å². The van der Waals surface area contributed by atoms with Gasteiger partial charge in [-0.05, 0) is 43.7 Å². The zero-order valence-electron chi connectivity index (χ0n) is 17.8. The Hall–Kier alpha value is -4.08. The number of rotatable bonds is 6. The van der Waals surface area contributed by atoms with Gasteiger partial charge in [0.25, 0.3) is 0 Å². The number of benzene rings is 1. The second-order valence-corrected chi connectivity index (χ2v) is 7.30. The van der Waals surface area contributed by atoms with Gasteiger partial charge in [-0.3, -0.25) is 4.98 Å². The third kappa shape index (κ3) is 5.22. The van der Waals surface area contributed by atoms with Crippen molar-refractivity contribution in [3.8, 4) is 11.1 Å². The van der Waals surface area contributed by atoms with Crippen molar-refractivity contribution in [1.29, 1.82) is 0 Å². The Balaban J connectivity index is 1.59. The van der Waals surface area contributed by atoms with Crippen molar-refractivity contribution in [2.24, 2.45) is 0 Å². The maximum atomic E-state index is 13.0. The maximum absolute atomic E-state index is 13.0. The number of halogens is 3. The summed E-state index contributed by atoms with van der Waals surface area (Å²) < 4.78 is 39.0. The lowest BCUT2D eigenvalue weighted by Crippen LogP contribution is -2.11. The first-order chi connectivity index (χ1) is 15.8. The lowest BCUT2D eigenvalue weighted by atomic mass is 10.0. The molecule has 2 N–H and O–H groups in total. The number of nitrogens with one attached hydrogen (secondary N) is 2. The number of anilines is 3. The Bertz CT molecular complexity index is 1230. The number of hydrogen-bond acceptors (Lipinski definition) is 7. The van der Waals surface area contributed by atoms with E-state index in [1.807, 2.05) is 38.1 Å². The van der Waals surface area contributed by atoms with Crippen LogP contribution in [0.5, 0.6) is 0 Å². The second kappa shape index (κ2) is 9.19. The monoisotopic (exact) mass is 451 g/mol. The second-order valence-electron chi connectivity index (χ2n) is 7.30. The Morgan fingerprint density at radius 3 is 2.33 bits per heavy atom. The topological polar surface area (TPSA) is 88.5 Å². The molecule has 3 aromatic heterocycles. The van der Waals surface area contributed by atoms with Crippen LogP contribution < -0.4 is 10.6 Å². The first-order valence-corrected chi connectivity index (χ1v) is 10.1. The van der Waals surface area contributed by atoms with Gasteiger partial charge >= 0.3 is 6.18 Å². The fraction of sp³-hybridized carbons (Fsp3) is 0.174. The van der Waals surface area contributed by atoms with E-state index >= 15 is 0 Å². The van der Waals surface area contributed by atoms with Gasteiger partial charge in [0, 0.05) is 41.6 Å². The van der Waals surface area contributed by atoms with Gasteiger partial charge in [0.05, 0.1) is 11.7 Å². The van der Waals surface area contributed by atoms with Crippen LogP contribution in [0.25, 0.3) is 11.1 Å². The normalized spacial score (nSPS) is 12.3. The van der Waals surface area contributed by atoms with E-state index in [0.717, 1.165) is 29.1 Å². The van der Waals surface area contributed by atoms with Crippen LogP contribution in [0.3, 0.4) is 0 Å². The number of aryl methyl sites for hydroxylation is 1. The molecular formula is C23H20F3N7. The quantitative estimate of drug-likeness (QED) is 0.396. The van der Waals surface area contributed by atoms with E-state index in [4.69, 9.17) is 0 Å². The number of hydrogen-bond donors (Lipinski definition) is 2. The molecule has 33 heavy (non-hydrogen) atoms. The molecule has 0 aliphatic heterocycles. The molecule has 0 saturated heterocycles. The molecule has 0 aliphatic rings. The Morgan fingerprint density at radius 1 is 0.848 bits per heavy atom. The Morgan fingerprint density at radius 2 is 1.64 bits per heavy atom. The average Bonchev–Trinajstić information content (AvgIpc) is 2.80. The molecule has 0 amide bonds. The van der Waals surface area contributed by atoms with E-state index in [2.05, 4.69) is 35.6 Å². The summed E-state index contributed by atoms with van der Waals surface area (Å²) in [6.45, 7) is 3.85. The highest BCUT2D eigenvalue weighted by atomic mass is 19.4. The standard InChI is InChI=1S/C23H20F3N7/c1-14-6-5-8-18(32-22-28-11-9-19(33-22)23(24,25)26)20(14)16-12-29-21(30-13-16)31-15(2)17-7-3-4-10-27-17/h3-13,15H,1-2H3,(H,28,32,33)(H,29,30,31)/t15-/m0/s1. The van der Waals surface area contributed by atoms with Gasteiger partial charge in [0.1, 0.15) is 5.69 Å². The zero-order valence-corrected chi connectivity index (χ0v) is 17.8. The predicted molar refractivity (Wildman–Crippen MR) is 119 cm³/mol. The summed E-state index contributed by atoms with van der Waals surface area (Å²) in [5, 5.41) is 6.09. The van der Waals surface area contributed by atoms with E-state index < -0.39 is 11.9 Å². The smallest absolute Gasteiger partial charge is 0.346 e. The van der Waals surface area contributed by atoms with Crippen LogP contribution in [0.1, 0.15) is 29.9 Å². The van der Waals surface area contributed by atoms with Gasteiger partial charge in [-0.25, -0.2) is 19.9 Å². The van der Waals surface area contributed by atoms with Gasteiger partial charge < -0.3 is 10.6 Å². The third-order valence-corrected chi connectivity index (χ3v) is 4.88. The summed E-state index contributed by atoms with van der Waals surface area (Å²) in [4.78, 5) is 20.6. The Labute approximate surface area is 188 Å². The van der Waals surface area contributed by atoms with Crippen molar-refractivity contribution >= 4 is 17.6 Å². The highest BCUT2D eigenvalue weighted by molar-refractivity contribution is 5.82. The van der Waals surface area contributed by atoms with Gasteiger partial charge in [-0.15, -0.1) is 0 Å². The molecule has 1 aromatic carbocycles.